The van der Waals surface area contributed by atoms with Gasteiger partial charge in [-0.25, -0.2) is 0 Å². The van der Waals surface area contributed by atoms with Crippen LogP contribution >= 0.6 is 0 Å². The molecule has 0 aromatic carbocycles. The SMILES string of the molecule is C=C(C)C(O)/C=C/[Si](C)(C)C. The van der Waals surface area contributed by atoms with Gasteiger partial charge in [0, 0.05) is 0 Å². The van der Waals surface area contributed by atoms with Crippen molar-refractivity contribution in [3.05, 3.63) is 23.9 Å². The molecule has 11 heavy (non-hydrogen) atoms. The van der Waals surface area contributed by atoms with Crippen LogP contribution in [0, 0.1) is 0 Å². The molecule has 0 fully saturated rings. The molecule has 0 aliphatic rings. The summed E-state index contributed by atoms with van der Waals surface area (Å²) in [7, 11) is -1.15. The molecule has 64 valence electrons. The smallest absolute Gasteiger partial charge is 0.0922 e. The van der Waals surface area contributed by atoms with Crippen LogP contribution < -0.4 is 0 Å². The lowest BCUT2D eigenvalue weighted by Gasteiger charge is -2.10. The average Bonchev–Trinajstić information content (AvgIpc) is 1.80. The first-order chi connectivity index (χ1) is 4.83. The Hall–Kier alpha value is -0.343. The number of hydrogen-bond donors (Lipinski definition) is 1. The maximum Gasteiger partial charge on any atom is 0.0922 e. The van der Waals surface area contributed by atoms with Crippen molar-refractivity contribution in [2.45, 2.75) is 32.7 Å². The van der Waals surface area contributed by atoms with Gasteiger partial charge in [0.05, 0.1) is 14.2 Å². The van der Waals surface area contributed by atoms with E-state index in [4.69, 9.17) is 0 Å². The zero-order chi connectivity index (χ0) is 9.07. The van der Waals surface area contributed by atoms with E-state index in [2.05, 4.69) is 31.9 Å². The molecule has 0 amide bonds. The molecule has 1 unspecified atom stereocenters. The van der Waals surface area contributed by atoms with Crippen LogP contribution in [0.3, 0.4) is 0 Å². The minimum absolute atomic E-state index is 0.457. The minimum Gasteiger partial charge on any atom is -0.385 e. The summed E-state index contributed by atoms with van der Waals surface area (Å²) in [5, 5.41) is 9.33. The van der Waals surface area contributed by atoms with Crippen molar-refractivity contribution in [3.63, 3.8) is 0 Å². The molecule has 0 heterocycles. The second-order valence-electron chi connectivity index (χ2n) is 4.02. The quantitative estimate of drug-likeness (QED) is 0.509. The maximum atomic E-state index is 9.33. The van der Waals surface area contributed by atoms with Gasteiger partial charge in [-0.2, -0.15) is 0 Å². The van der Waals surface area contributed by atoms with Gasteiger partial charge >= 0.3 is 0 Å². The summed E-state index contributed by atoms with van der Waals surface area (Å²) < 4.78 is 0. The van der Waals surface area contributed by atoms with E-state index >= 15 is 0 Å². The lowest BCUT2D eigenvalue weighted by molar-refractivity contribution is 0.260. The van der Waals surface area contributed by atoms with Gasteiger partial charge in [0.1, 0.15) is 0 Å². The molecule has 0 aromatic heterocycles. The van der Waals surface area contributed by atoms with Crippen LogP contribution in [0.15, 0.2) is 23.9 Å². The van der Waals surface area contributed by atoms with Gasteiger partial charge in [0.2, 0.25) is 0 Å². The third-order valence-electron chi connectivity index (χ3n) is 1.28. The summed E-state index contributed by atoms with van der Waals surface area (Å²) in [6, 6.07) is 0. The predicted octanol–water partition coefficient (Wildman–Crippen LogP) is 2.36. The summed E-state index contributed by atoms with van der Waals surface area (Å²) >= 11 is 0. The summed E-state index contributed by atoms with van der Waals surface area (Å²) in [6.45, 7) is 12.2. The third-order valence-corrected chi connectivity index (χ3v) is 2.48. The van der Waals surface area contributed by atoms with Crippen LogP contribution in [-0.4, -0.2) is 19.3 Å². The van der Waals surface area contributed by atoms with Crippen LogP contribution in [0.1, 0.15) is 6.92 Å². The second-order valence-corrected chi connectivity index (χ2v) is 9.08. The summed E-state index contributed by atoms with van der Waals surface area (Å²) in [5.41, 5.74) is 2.94. The molecule has 1 N–H and O–H groups in total. The van der Waals surface area contributed by atoms with Crippen LogP contribution in [0.2, 0.25) is 19.6 Å². The van der Waals surface area contributed by atoms with E-state index in [1.54, 1.807) is 0 Å². The van der Waals surface area contributed by atoms with E-state index in [0.717, 1.165) is 5.57 Å². The van der Waals surface area contributed by atoms with Crippen LogP contribution in [0.25, 0.3) is 0 Å². The molecule has 0 spiro atoms. The molecule has 0 radical (unpaired) electrons. The Kier molecular flexibility index (Phi) is 3.76. The van der Waals surface area contributed by atoms with Crippen molar-refractivity contribution < 1.29 is 5.11 Å². The fourth-order valence-corrected chi connectivity index (χ4v) is 1.30. The Labute approximate surface area is 70.5 Å². The lowest BCUT2D eigenvalue weighted by atomic mass is 10.2. The molecule has 0 saturated carbocycles. The standard InChI is InChI=1S/C9H18OSi/c1-8(2)9(10)6-7-11(3,4)5/h6-7,9-10H,1H2,2-5H3/b7-6+. The average molecular weight is 170 g/mol. The van der Waals surface area contributed by atoms with Gasteiger partial charge < -0.3 is 5.11 Å². The van der Waals surface area contributed by atoms with Crippen LogP contribution in [-0.2, 0) is 0 Å². The fourth-order valence-electron chi connectivity index (χ4n) is 0.544. The Morgan fingerprint density at radius 3 is 2.18 bits per heavy atom. The van der Waals surface area contributed by atoms with Gasteiger partial charge in [0.25, 0.3) is 0 Å². The highest BCUT2D eigenvalue weighted by Gasteiger charge is 2.08. The lowest BCUT2D eigenvalue weighted by Crippen LogP contribution is -2.17. The largest absolute Gasteiger partial charge is 0.385 e. The molecular weight excluding hydrogens is 152 g/mol. The topological polar surface area (TPSA) is 20.2 Å². The molecule has 2 heteroatoms. The highest BCUT2D eigenvalue weighted by molar-refractivity contribution is 6.80. The van der Waals surface area contributed by atoms with E-state index in [9.17, 15) is 5.11 Å². The first kappa shape index (κ1) is 10.7. The Bertz CT molecular complexity index is 165. The van der Waals surface area contributed by atoms with E-state index in [0.29, 0.717) is 0 Å². The van der Waals surface area contributed by atoms with Gasteiger partial charge in [0.15, 0.2) is 0 Å². The van der Waals surface area contributed by atoms with Crippen molar-refractivity contribution in [3.8, 4) is 0 Å². The van der Waals surface area contributed by atoms with Gasteiger partial charge in [-0.05, 0) is 12.5 Å². The highest BCUT2D eigenvalue weighted by Crippen LogP contribution is 2.05. The molecule has 0 saturated heterocycles. The van der Waals surface area contributed by atoms with E-state index < -0.39 is 14.2 Å². The molecule has 0 aromatic rings. The van der Waals surface area contributed by atoms with Gasteiger partial charge in [-0.15, -0.1) is 0 Å². The predicted molar refractivity (Wildman–Crippen MR) is 53.3 cm³/mol. The normalized spacial score (nSPS) is 15.4. The molecule has 0 rings (SSSR count). The molecular formula is C9H18OSi. The maximum absolute atomic E-state index is 9.33. The van der Waals surface area contributed by atoms with Crippen LogP contribution in [0.4, 0.5) is 0 Å². The zero-order valence-corrected chi connectivity index (χ0v) is 8.89. The molecule has 0 bridgehead atoms. The highest BCUT2D eigenvalue weighted by atomic mass is 28.3. The molecule has 1 atom stereocenters. The Morgan fingerprint density at radius 2 is 1.91 bits per heavy atom. The number of aliphatic hydroxyl groups is 1. The van der Waals surface area contributed by atoms with E-state index in [-0.39, 0.29) is 0 Å². The molecule has 0 aliphatic heterocycles. The van der Waals surface area contributed by atoms with E-state index in [1.807, 2.05) is 13.0 Å². The molecule has 1 nitrogen and oxygen atoms in total. The zero-order valence-electron chi connectivity index (χ0n) is 7.89. The first-order valence-corrected chi connectivity index (χ1v) is 7.43. The monoisotopic (exact) mass is 170 g/mol. The molecule has 0 aliphatic carbocycles. The van der Waals surface area contributed by atoms with Crippen LogP contribution in [0.5, 0.6) is 0 Å². The van der Waals surface area contributed by atoms with Crippen molar-refractivity contribution in [1.29, 1.82) is 0 Å². The van der Waals surface area contributed by atoms with Crippen molar-refractivity contribution in [2.75, 3.05) is 0 Å². The number of hydrogen-bond acceptors (Lipinski definition) is 1. The summed E-state index contributed by atoms with van der Waals surface area (Å²) in [4.78, 5) is 0. The Morgan fingerprint density at radius 1 is 1.45 bits per heavy atom. The van der Waals surface area contributed by atoms with Gasteiger partial charge in [-0.1, -0.05) is 38.0 Å². The van der Waals surface area contributed by atoms with Crippen molar-refractivity contribution in [2.24, 2.45) is 0 Å². The minimum atomic E-state index is -1.15. The van der Waals surface area contributed by atoms with E-state index in [1.165, 1.54) is 0 Å². The van der Waals surface area contributed by atoms with Crippen molar-refractivity contribution >= 4 is 8.07 Å². The second kappa shape index (κ2) is 3.88. The number of aliphatic hydroxyl groups excluding tert-OH is 1. The summed E-state index contributed by atoms with van der Waals surface area (Å²) in [6.07, 6.45) is 1.39. The third kappa shape index (κ3) is 6.07. The fraction of sp³-hybridized carbons (Fsp3) is 0.556. The van der Waals surface area contributed by atoms with Crippen molar-refractivity contribution in [1.82, 2.24) is 0 Å². The van der Waals surface area contributed by atoms with Gasteiger partial charge in [-0.3, -0.25) is 0 Å². The number of rotatable bonds is 3. The Balaban J connectivity index is 4.04. The summed E-state index contributed by atoms with van der Waals surface area (Å²) in [5.74, 6) is 0. The first-order valence-electron chi connectivity index (χ1n) is 3.86.